The van der Waals surface area contributed by atoms with Gasteiger partial charge in [0.05, 0.1) is 6.04 Å². The first-order valence-corrected chi connectivity index (χ1v) is 13.6. The van der Waals surface area contributed by atoms with Crippen LogP contribution in [-0.4, -0.2) is 67.2 Å². The van der Waals surface area contributed by atoms with Crippen LogP contribution in [-0.2, 0) is 0 Å². The lowest BCUT2D eigenvalue weighted by molar-refractivity contribution is 0.0613. The minimum atomic E-state index is -0.242. The maximum absolute atomic E-state index is 13.5. The number of H-pyrrole nitrogens is 1. The fourth-order valence-electron chi connectivity index (χ4n) is 6.63. The zero-order chi connectivity index (χ0) is 23.8. The van der Waals surface area contributed by atoms with Crippen molar-refractivity contribution in [2.24, 2.45) is 0 Å². The third-order valence-corrected chi connectivity index (χ3v) is 8.56. The first-order chi connectivity index (χ1) is 17.2. The van der Waals surface area contributed by atoms with Gasteiger partial charge < -0.3 is 4.98 Å². The van der Waals surface area contributed by atoms with E-state index in [-0.39, 0.29) is 11.6 Å². The molecule has 3 fully saturated rings. The lowest BCUT2D eigenvalue weighted by Gasteiger charge is -2.43. The summed E-state index contributed by atoms with van der Waals surface area (Å²) in [7, 11) is 0. The van der Waals surface area contributed by atoms with Gasteiger partial charge in [0.15, 0.2) is 5.82 Å². The van der Waals surface area contributed by atoms with Gasteiger partial charge in [0, 0.05) is 43.3 Å². The van der Waals surface area contributed by atoms with Gasteiger partial charge in [0.2, 0.25) is 0 Å². The summed E-state index contributed by atoms with van der Waals surface area (Å²) in [5.41, 5.74) is 2.74. The molecule has 1 saturated heterocycles. The number of hydrogen-bond acceptors (Lipinski definition) is 6. The summed E-state index contributed by atoms with van der Waals surface area (Å²) < 4.78 is 2.03. The van der Waals surface area contributed by atoms with Crippen molar-refractivity contribution in [3.8, 4) is 0 Å². The number of nitrogens with zero attached hydrogens (tertiary/aromatic N) is 6. The number of aromatic nitrogens is 5. The van der Waals surface area contributed by atoms with Crippen LogP contribution < -0.4 is 5.56 Å². The molecule has 3 aliphatic rings. The topological polar surface area (TPSA) is 82.9 Å². The highest BCUT2D eigenvalue weighted by Crippen LogP contribution is 2.34. The molecule has 1 N–H and O–H groups in total. The Morgan fingerprint density at radius 1 is 0.914 bits per heavy atom. The maximum atomic E-state index is 13.5. The Labute approximate surface area is 206 Å². The average Bonchev–Trinajstić information content (AvgIpc) is 3.58. The van der Waals surface area contributed by atoms with Gasteiger partial charge in [-0.1, -0.05) is 44.2 Å². The molecule has 1 aliphatic heterocycles. The van der Waals surface area contributed by atoms with E-state index in [1.165, 1.54) is 44.9 Å². The van der Waals surface area contributed by atoms with Crippen molar-refractivity contribution in [2.45, 2.75) is 82.8 Å². The third-order valence-electron chi connectivity index (χ3n) is 8.56. The number of aromatic amines is 1. The summed E-state index contributed by atoms with van der Waals surface area (Å²) in [5.74, 6) is 0.819. The summed E-state index contributed by atoms with van der Waals surface area (Å²) in [6, 6.07) is 9.12. The fraction of sp³-hybridized carbons (Fsp3) is 0.630. The molecule has 2 aliphatic carbocycles. The van der Waals surface area contributed by atoms with E-state index in [0.29, 0.717) is 6.04 Å². The van der Waals surface area contributed by atoms with E-state index in [1.807, 2.05) is 10.7 Å². The monoisotopic (exact) mass is 475 g/mol. The van der Waals surface area contributed by atoms with Crippen molar-refractivity contribution in [3.63, 3.8) is 0 Å². The second-order valence-electron chi connectivity index (χ2n) is 10.8. The highest BCUT2D eigenvalue weighted by atomic mass is 16.1. The van der Waals surface area contributed by atoms with Gasteiger partial charge in [0.1, 0.15) is 6.04 Å². The zero-order valence-electron chi connectivity index (χ0n) is 20.8. The normalized spacial score (nSPS) is 22.2. The summed E-state index contributed by atoms with van der Waals surface area (Å²) in [5, 5.41) is 14.2. The van der Waals surface area contributed by atoms with Crippen LogP contribution in [0.4, 0.5) is 0 Å². The Kier molecular flexibility index (Phi) is 6.41. The quantitative estimate of drug-likeness (QED) is 0.601. The number of hydrogen-bond donors (Lipinski definition) is 1. The number of benzene rings is 1. The summed E-state index contributed by atoms with van der Waals surface area (Å²) in [4.78, 5) is 21.8. The molecule has 8 nitrogen and oxygen atoms in total. The van der Waals surface area contributed by atoms with Crippen LogP contribution in [0, 0.1) is 6.92 Å². The second-order valence-corrected chi connectivity index (χ2v) is 10.8. The third kappa shape index (κ3) is 4.54. The van der Waals surface area contributed by atoms with Crippen molar-refractivity contribution in [3.05, 3.63) is 51.6 Å². The average molecular weight is 476 g/mol. The van der Waals surface area contributed by atoms with Gasteiger partial charge >= 0.3 is 0 Å². The Morgan fingerprint density at radius 2 is 1.63 bits per heavy atom. The minimum absolute atomic E-state index is 0.0382. The molecular weight excluding hydrogens is 438 g/mol. The summed E-state index contributed by atoms with van der Waals surface area (Å²) in [6.45, 7) is 5.97. The molecule has 0 radical (unpaired) electrons. The second kappa shape index (κ2) is 9.82. The Morgan fingerprint density at radius 3 is 2.40 bits per heavy atom. The van der Waals surface area contributed by atoms with Gasteiger partial charge in [-0.05, 0) is 66.1 Å². The lowest BCUT2D eigenvalue weighted by Crippen LogP contribution is -2.52. The molecule has 0 spiro atoms. The van der Waals surface area contributed by atoms with Crippen LogP contribution in [0.3, 0.4) is 0 Å². The number of nitrogens with one attached hydrogen (secondary N) is 1. The highest BCUT2D eigenvalue weighted by molar-refractivity contribution is 5.79. The number of tetrazole rings is 1. The Bertz CT molecular complexity index is 1210. The van der Waals surface area contributed by atoms with Gasteiger partial charge in [0.25, 0.3) is 5.56 Å². The van der Waals surface area contributed by atoms with E-state index in [4.69, 9.17) is 0 Å². The highest BCUT2D eigenvalue weighted by Gasteiger charge is 2.35. The van der Waals surface area contributed by atoms with Crippen molar-refractivity contribution in [1.29, 1.82) is 0 Å². The van der Waals surface area contributed by atoms with Crippen molar-refractivity contribution in [2.75, 3.05) is 26.2 Å². The zero-order valence-corrected chi connectivity index (χ0v) is 20.8. The smallest absolute Gasteiger partial charge is 0.253 e. The van der Waals surface area contributed by atoms with E-state index in [1.54, 1.807) is 0 Å². The summed E-state index contributed by atoms with van der Waals surface area (Å²) in [6.07, 6.45) is 11.4. The van der Waals surface area contributed by atoms with Crippen LogP contribution >= 0.6 is 0 Å². The molecule has 35 heavy (non-hydrogen) atoms. The predicted octanol–water partition coefficient (Wildman–Crippen LogP) is 3.98. The molecule has 1 atom stereocenters. The van der Waals surface area contributed by atoms with E-state index >= 15 is 0 Å². The van der Waals surface area contributed by atoms with Crippen molar-refractivity contribution < 1.29 is 0 Å². The SMILES string of the molecule is Cc1ccc2cc([C@H](c3nnnn3C3CCCC3)N3CCN(C4CCCCC4)CC3)c(=O)[nH]c2c1. The molecule has 1 aromatic carbocycles. The van der Waals surface area contributed by atoms with Crippen LogP contribution in [0.25, 0.3) is 10.9 Å². The number of fused-ring (bicyclic) bond motifs is 1. The standard InChI is InChI=1S/C27H37N7O/c1-19-11-12-20-18-23(27(35)28-24(20)17-19)25(26-29-30-31-34(26)22-9-5-6-10-22)33-15-13-32(14-16-33)21-7-3-2-4-8-21/h11-12,17-18,21-22,25H,2-10,13-16H2,1H3,(H,28,35)/t25-/m1/s1. The number of aryl methyl sites for hydroxylation is 1. The Hall–Kier alpha value is -2.58. The molecule has 0 unspecified atom stereocenters. The van der Waals surface area contributed by atoms with Crippen LogP contribution in [0.2, 0.25) is 0 Å². The van der Waals surface area contributed by atoms with E-state index < -0.39 is 0 Å². The number of piperazine rings is 1. The summed E-state index contributed by atoms with van der Waals surface area (Å²) >= 11 is 0. The largest absolute Gasteiger partial charge is 0.322 e. The molecule has 3 heterocycles. The first kappa shape index (κ1) is 22.9. The molecule has 0 amide bonds. The van der Waals surface area contributed by atoms with E-state index in [9.17, 15) is 4.79 Å². The van der Waals surface area contributed by atoms with Crippen LogP contribution in [0.1, 0.15) is 86.8 Å². The lowest BCUT2D eigenvalue weighted by atomic mass is 9.93. The molecule has 2 saturated carbocycles. The molecule has 6 rings (SSSR count). The van der Waals surface area contributed by atoms with E-state index in [0.717, 1.165) is 72.9 Å². The predicted molar refractivity (Wildman–Crippen MR) is 136 cm³/mol. The maximum Gasteiger partial charge on any atom is 0.253 e. The van der Waals surface area contributed by atoms with Gasteiger partial charge in [-0.3, -0.25) is 14.6 Å². The van der Waals surface area contributed by atoms with Gasteiger partial charge in [-0.25, -0.2) is 4.68 Å². The van der Waals surface area contributed by atoms with Gasteiger partial charge in [-0.15, -0.1) is 5.10 Å². The molecule has 0 bridgehead atoms. The minimum Gasteiger partial charge on any atom is -0.322 e. The van der Waals surface area contributed by atoms with Crippen LogP contribution in [0.15, 0.2) is 29.1 Å². The number of pyridine rings is 1. The van der Waals surface area contributed by atoms with Gasteiger partial charge in [-0.2, -0.15) is 0 Å². The van der Waals surface area contributed by atoms with Crippen molar-refractivity contribution in [1.82, 2.24) is 35.0 Å². The molecular formula is C27H37N7O. The molecule has 186 valence electrons. The van der Waals surface area contributed by atoms with E-state index in [2.05, 4.69) is 55.4 Å². The Balaban J connectivity index is 1.36. The fourth-order valence-corrected chi connectivity index (χ4v) is 6.63. The van der Waals surface area contributed by atoms with Crippen molar-refractivity contribution >= 4 is 10.9 Å². The molecule has 2 aromatic heterocycles. The molecule has 8 heteroatoms. The number of rotatable bonds is 5. The molecule has 3 aromatic rings. The first-order valence-electron chi connectivity index (χ1n) is 13.6. The van der Waals surface area contributed by atoms with Crippen LogP contribution in [0.5, 0.6) is 0 Å².